The number of hydrogen-bond donors (Lipinski definition) is 2. The van der Waals surface area contributed by atoms with Gasteiger partial charge in [0.1, 0.15) is 0 Å². The lowest BCUT2D eigenvalue weighted by Gasteiger charge is -2.28. The Bertz CT molecular complexity index is 466. The summed E-state index contributed by atoms with van der Waals surface area (Å²) in [6.45, 7) is 1.72. The van der Waals surface area contributed by atoms with Crippen LogP contribution in [0, 0.1) is 5.92 Å². The fourth-order valence-corrected chi connectivity index (χ4v) is 3.49. The zero-order chi connectivity index (χ0) is 13.8. The highest BCUT2D eigenvalue weighted by atomic mass is 16.1. The van der Waals surface area contributed by atoms with Gasteiger partial charge in [0, 0.05) is 18.5 Å². The van der Waals surface area contributed by atoms with E-state index in [9.17, 15) is 4.79 Å². The first-order valence-corrected chi connectivity index (χ1v) is 7.93. The Hall–Kier alpha value is -1.35. The molecule has 1 heterocycles. The standard InChI is InChI=1S/C17H24N2O/c20-17(14-7-2-1-3-8-14)19-12-16-15-9-5-4-6-13(15)10-11-18-16/h4-6,9,14,16,18H,1-3,7-8,10-12H2,(H,19,20)/t16-/m0/s1. The Balaban J connectivity index is 1.57. The lowest BCUT2D eigenvalue weighted by Crippen LogP contribution is -2.41. The number of carbonyl (C=O) groups excluding carboxylic acids is 1. The highest BCUT2D eigenvalue weighted by molar-refractivity contribution is 5.78. The Kier molecular flexibility index (Phi) is 4.36. The Morgan fingerprint density at radius 3 is 2.85 bits per heavy atom. The summed E-state index contributed by atoms with van der Waals surface area (Å²) in [5, 5.41) is 6.68. The van der Waals surface area contributed by atoms with Crippen LogP contribution in [0.25, 0.3) is 0 Å². The predicted octanol–water partition coefficient (Wildman–Crippen LogP) is 2.57. The average Bonchev–Trinajstić information content (AvgIpc) is 2.53. The number of amides is 1. The van der Waals surface area contributed by atoms with Crippen molar-refractivity contribution < 1.29 is 4.79 Å². The molecule has 0 bridgehead atoms. The van der Waals surface area contributed by atoms with E-state index in [-0.39, 0.29) is 17.9 Å². The Morgan fingerprint density at radius 1 is 1.20 bits per heavy atom. The van der Waals surface area contributed by atoms with E-state index in [0.717, 1.165) is 25.8 Å². The van der Waals surface area contributed by atoms with Gasteiger partial charge in [-0.15, -0.1) is 0 Å². The molecule has 1 aromatic rings. The summed E-state index contributed by atoms with van der Waals surface area (Å²) in [5.74, 6) is 0.511. The molecule has 1 saturated carbocycles. The predicted molar refractivity (Wildman–Crippen MR) is 80.5 cm³/mol. The largest absolute Gasteiger partial charge is 0.354 e. The molecule has 1 aliphatic heterocycles. The smallest absolute Gasteiger partial charge is 0.223 e. The summed E-state index contributed by atoms with van der Waals surface area (Å²) in [6.07, 6.45) is 6.94. The lowest BCUT2D eigenvalue weighted by molar-refractivity contribution is -0.126. The first-order chi connectivity index (χ1) is 9.84. The fraction of sp³-hybridized carbons (Fsp3) is 0.588. The highest BCUT2D eigenvalue weighted by Gasteiger charge is 2.23. The van der Waals surface area contributed by atoms with Crippen LogP contribution >= 0.6 is 0 Å². The van der Waals surface area contributed by atoms with Crippen molar-refractivity contribution in [3.05, 3.63) is 35.4 Å². The van der Waals surface area contributed by atoms with Crippen LogP contribution in [0.2, 0.25) is 0 Å². The third-order valence-corrected chi connectivity index (χ3v) is 4.67. The average molecular weight is 272 g/mol. The van der Waals surface area contributed by atoms with Crippen molar-refractivity contribution in [1.82, 2.24) is 10.6 Å². The molecule has 0 aromatic heterocycles. The molecule has 1 aromatic carbocycles. The molecule has 0 radical (unpaired) electrons. The van der Waals surface area contributed by atoms with Gasteiger partial charge < -0.3 is 10.6 Å². The van der Waals surface area contributed by atoms with E-state index in [1.54, 1.807) is 0 Å². The van der Waals surface area contributed by atoms with Crippen molar-refractivity contribution in [1.29, 1.82) is 0 Å². The third kappa shape index (κ3) is 3.04. The van der Waals surface area contributed by atoms with E-state index in [1.165, 1.54) is 30.4 Å². The van der Waals surface area contributed by atoms with E-state index in [4.69, 9.17) is 0 Å². The minimum absolute atomic E-state index is 0.252. The normalized spacial score (nSPS) is 23.1. The second kappa shape index (κ2) is 6.40. The van der Waals surface area contributed by atoms with Crippen LogP contribution in [0.15, 0.2) is 24.3 Å². The second-order valence-corrected chi connectivity index (χ2v) is 6.04. The molecule has 0 spiro atoms. The molecule has 1 amide bonds. The number of benzene rings is 1. The maximum atomic E-state index is 12.2. The first kappa shape index (κ1) is 13.6. The zero-order valence-electron chi connectivity index (χ0n) is 12.0. The maximum Gasteiger partial charge on any atom is 0.223 e. The zero-order valence-corrected chi connectivity index (χ0v) is 12.0. The van der Waals surface area contributed by atoms with Crippen molar-refractivity contribution in [3.8, 4) is 0 Å². The molecule has 2 N–H and O–H groups in total. The van der Waals surface area contributed by atoms with Crippen molar-refractivity contribution in [2.75, 3.05) is 13.1 Å². The van der Waals surface area contributed by atoms with Gasteiger partial charge in [0.05, 0.1) is 0 Å². The third-order valence-electron chi connectivity index (χ3n) is 4.67. The monoisotopic (exact) mass is 272 g/mol. The van der Waals surface area contributed by atoms with Gasteiger partial charge >= 0.3 is 0 Å². The summed E-state index contributed by atoms with van der Waals surface area (Å²) in [4.78, 5) is 12.2. The van der Waals surface area contributed by atoms with E-state index in [2.05, 4.69) is 34.9 Å². The van der Waals surface area contributed by atoms with E-state index < -0.39 is 0 Å². The molecule has 2 aliphatic rings. The number of fused-ring (bicyclic) bond motifs is 1. The van der Waals surface area contributed by atoms with Gasteiger partial charge in [-0.2, -0.15) is 0 Å². The van der Waals surface area contributed by atoms with Crippen LogP contribution in [0.3, 0.4) is 0 Å². The molecular weight excluding hydrogens is 248 g/mol. The molecule has 1 aliphatic carbocycles. The van der Waals surface area contributed by atoms with E-state index in [0.29, 0.717) is 6.54 Å². The summed E-state index contributed by atoms with van der Waals surface area (Å²) < 4.78 is 0. The second-order valence-electron chi connectivity index (χ2n) is 6.04. The molecule has 3 rings (SSSR count). The molecule has 108 valence electrons. The van der Waals surface area contributed by atoms with Crippen molar-refractivity contribution in [2.24, 2.45) is 5.92 Å². The minimum Gasteiger partial charge on any atom is -0.354 e. The molecule has 0 unspecified atom stereocenters. The van der Waals surface area contributed by atoms with E-state index in [1.807, 2.05) is 0 Å². The number of nitrogens with one attached hydrogen (secondary N) is 2. The fourth-order valence-electron chi connectivity index (χ4n) is 3.49. The van der Waals surface area contributed by atoms with Gasteiger partial charge in [0.2, 0.25) is 5.91 Å². The SMILES string of the molecule is O=C(NC[C@@H]1NCCc2ccccc21)C1CCCCC1. The highest BCUT2D eigenvalue weighted by Crippen LogP contribution is 2.25. The van der Waals surface area contributed by atoms with Crippen molar-refractivity contribution in [3.63, 3.8) is 0 Å². The van der Waals surface area contributed by atoms with Gasteiger partial charge in [0.25, 0.3) is 0 Å². The van der Waals surface area contributed by atoms with Crippen LogP contribution in [0.5, 0.6) is 0 Å². The summed E-state index contributed by atoms with van der Waals surface area (Å²) >= 11 is 0. The van der Waals surface area contributed by atoms with Gasteiger partial charge in [-0.3, -0.25) is 4.79 Å². The van der Waals surface area contributed by atoms with Crippen LogP contribution in [-0.2, 0) is 11.2 Å². The van der Waals surface area contributed by atoms with Crippen LogP contribution < -0.4 is 10.6 Å². The number of carbonyl (C=O) groups is 1. The quantitative estimate of drug-likeness (QED) is 0.888. The molecule has 3 nitrogen and oxygen atoms in total. The topological polar surface area (TPSA) is 41.1 Å². The van der Waals surface area contributed by atoms with Crippen LogP contribution in [0.1, 0.15) is 49.3 Å². The van der Waals surface area contributed by atoms with Gasteiger partial charge in [-0.25, -0.2) is 0 Å². The minimum atomic E-state index is 0.252. The molecule has 1 fully saturated rings. The summed E-state index contributed by atoms with van der Waals surface area (Å²) in [7, 11) is 0. The molecule has 3 heteroatoms. The summed E-state index contributed by atoms with van der Waals surface area (Å²) in [5.41, 5.74) is 2.77. The van der Waals surface area contributed by atoms with Crippen molar-refractivity contribution >= 4 is 5.91 Å². The van der Waals surface area contributed by atoms with Gasteiger partial charge in [0.15, 0.2) is 0 Å². The Labute approximate surface area is 121 Å². The summed E-state index contributed by atoms with van der Waals surface area (Å²) in [6, 6.07) is 8.83. The van der Waals surface area contributed by atoms with Crippen LogP contribution in [0.4, 0.5) is 0 Å². The lowest BCUT2D eigenvalue weighted by atomic mass is 9.88. The van der Waals surface area contributed by atoms with Gasteiger partial charge in [-0.1, -0.05) is 43.5 Å². The molecule has 1 atom stereocenters. The van der Waals surface area contributed by atoms with Crippen molar-refractivity contribution in [2.45, 2.75) is 44.6 Å². The molecule has 20 heavy (non-hydrogen) atoms. The Morgan fingerprint density at radius 2 is 2.00 bits per heavy atom. The molecular formula is C17H24N2O. The van der Waals surface area contributed by atoms with Crippen LogP contribution in [-0.4, -0.2) is 19.0 Å². The van der Waals surface area contributed by atoms with E-state index >= 15 is 0 Å². The number of hydrogen-bond acceptors (Lipinski definition) is 2. The molecule has 0 saturated heterocycles. The number of rotatable bonds is 3. The first-order valence-electron chi connectivity index (χ1n) is 7.93. The maximum absolute atomic E-state index is 12.2. The van der Waals surface area contributed by atoms with Gasteiger partial charge in [-0.05, 0) is 36.9 Å².